The molecule has 6 rings (SSSR count). The first-order valence-corrected chi connectivity index (χ1v) is 12.0. The minimum Gasteiger partial charge on any atom is -0.486 e. The molecule has 2 saturated heterocycles. The molecule has 0 radical (unpaired) electrons. The van der Waals surface area contributed by atoms with Crippen molar-refractivity contribution in [2.45, 2.75) is 18.9 Å². The number of benzene rings is 1. The average molecular weight is 473 g/mol. The molecule has 0 atom stereocenters. The van der Waals surface area contributed by atoms with Crippen molar-refractivity contribution >= 4 is 22.7 Å². The number of fused-ring (bicyclic) bond motifs is 1. The van der Waals surface area contributed by atoms with Gasteiger partial charge in [-0.1, -0.05) is 0 Å². The summed E-state index contributed by atoms with van der Waals surface area (Å²) in [6.45, 7) is 4.77. The van der Waals surface area contributed by atoms with Gasteiger partial charge < -0.3 is 29.8 Å². The minimum absolute atomic E-state index is 0.106. The van der Waals surface area contributed by atoms with Crippen molar-refractivity contribution in [3.05, 3.63) is 48.7 Å². The van der Waals surface area contributed by atoms with E-state index in [1.54, 1.807) is 6.20 Å². The zero-order valence-corrected chi connectivity index (χ0v) is 19.4. The first kappa shape index (κ1) is 21.8. The van der Waals surface area contributed by atoms with E-state index in [1.165, 1.54) is 5.69 Å². The van der Waals surface area contributed by atoms with E-state index in [0.717, 1.165) is 67.3 Å². The van der Waals surface area contributed by atoms with Gasteiger partial charge in [-0.3, -0.25) is 0 Å². The summed E-state index contributed by atoms with van der Waals surface area (Å²) in [6.07, 6.45) is 3.58. The lowest BCUT2D eigenvalue weighted by atomic mass is 10.1. The van der Waals surface area contributed by atoms with Crippen molar-refractivity contribution in [1.82, 2.24) is 19.9 Å². The third kappa shape index (κ3) is 4.52. The number of imidazole rings is 1. The van der Waals surface area contributed by atoms with Crippen molar-refractivity contribution in [2.75, 3.05) is 50.2 Å². The van der Waals surface area contributed by atoms with Crippen LogP contribution in [0.3, 0.4) is 0 Å². The first-order valence-electron chi connectivity index (χ1n) is 12.0. The number of anilines is 2. The predicted octanol–water partition coefficient (Wildman–Crippen LogP) is 3.66. The van der Waals surface area contributed by atoms with Crippen LogP contribution in [0, 0.1) is 0 Å². The van der Waals surface area contributed by atoms with Gasteiger partial charge in [0.05, 0.1) is 32.1 Å². The highest BCUT2D eigenvalue weighted by atomic mass is 16.5. The maximum atomic E-state index is 6.27. The fraction of sp³-hybridized carbons (Fsp3) is 0.346. The lowest BCUT2D eigenvalue weighted by molar-refractivity contribution is 0.0257. The number of H-pyrrole nitrogens is 1. The van der Waals surface area contributed by atoms with Crippen molar-refractivity contribution in [2.24, 2.45) is 0 Å². The highest BCUT2D eigenvalue weighted by Crippen LogP contribution is 2.32. The molecule has 180 valence electrons. The van der Waals surface area contributed by atoms with Crippen LogP contribution < -0.4 is 15.4 Å². The predicted molar refractivity (Wildman–Crippen MR) is 134 cm³/mol. The van der Waals surface area contributed by atoms with E-state index in [2.05, 4.69) is 44.1 Å². The fourth-order valence-corrected chi connectivity index (χ4v) is 4.59. The Labute approximate surface area is 203 Å². The van der Waals surface area contributed by atoms with Crippen molar-refractivity contribution in [3.8, 4) is 28.4 Å². The van der Waals surface area contributed by atoms with Gasteiger partial charge in [-0.05, 0) is 42.5 Å². The van der Waals surface area contributed by atoms with E-state index >= 15 is 0 Å². The molecule has 3 aromatic heterocycles. The molecule has 5 heterocycles. The summed E-state index contributed by atoms with van der Waals surface area (Å²) in [5.41, 5.74) is 11.5. The molecule has 9 heteroatoms. The molecule has 0 aliphatic carbocycles. The number of nitrogens with two attached hydrogens (primary N) is 1. The Morgan fingerprint density at radius 1 is 0.914 bits per heavy atom. The van der Waals surface area contributed by atoms with Gasteiger partial charge in [-0.25, -0.2) is 15.0 Å². The Hall–Kier alpha value is -3.69. The SMILES string of the molecule is Nc1nc(-c2ccnc3[nH]c(-c4ccc(N5CCOCC5)cc4)nc23)ccc1OC1CCOCC1. The van der Waals surface area contributed by atoms with Gasteiger partial charge in [0, 0.05) is 48.9 Å². The number of nitrogens with zero attached hydrogens (tertiary/aromatic N) is 4. The van der Waals surface area contributed by atoms with Crippen LogP contribution in [0.1, 0.15) is 12.8 Å². The summed E-state index contributed by atoms with van der Waals surface area (Å²) in [4.78, 5) is 19.7. The van der Waals surface area contributed by atoms with Gasteiger partial charge in [0.1, 0.15) is 17.4 Å². The van der Waals surface area contributed by atoms with Crippen LogP contribution in [-0.2, 0) is 9.47 Å². The zero-order chi connectivity index (χ0) is 23.6. The van der Waals surface area contributed by atoms with Crippen molar-refractivity contribution in [3.63, 3.8) is 0 Å². The van der Waals surface area contributed by atoms with Gasteiger partial charge >= 0.3 is 0 Å². The average Bonchev–Trinajstić information content (AvgIpc) is 3.36. The molecule has 0 unspecified atom stereocenters. The molecule has 1 aromatic carbocycles. The summed E-state index contributed by atoms with van der Waals surface area (Å²) >= 11 is 0. The number of hydrogen-bond donors (Lipinski definition) is 2. The Balaban J connectivity index is 1.26. The van der Waals surface area contributed by atoms with E-state index < -0.39 is 0 Å². The summed E-state index contributed by atoms with van der Waals surface area (Å²) in [7, 11) is 0. The molecule has 0 spiro atoms. The second-order valence-corrected chi connectivity index (χ2v) is 8.80. The van der Waals surface area contributed by atoms with Crippen LogP contribution in [0.25, 0.3) is 33.8 Å². The smallest absolute Gasteiger partial charge is 0.166 e. The first-order chi connectivity index (χ1) is 17.2. The quantitative estimate of drug-likeness (QED) is 0.453. The fourth-order valence-electron chi connectivity index (χ4n) is 4.59. The molecule has 9 nitrogen and oxygen atoms in total. The highest BCUT2D eigenvalue weighted by molar-refractivity contribution is 5.90. The summed E-state index contributed by atoms with van der Waals surface area (Å²) < 4.78 is 16.9. The summed E-state index contributed by atoms with van der Waals surface area (Å²) in [5.74, 6) is 1.74. The molecule has 4 aromatic rings. The zero-order valence-electron chi connectivity index (χ0n) is 19.4. The van der Waals surface area contributed by atoms with Crippen molar-refractivity contribution < 1.29 is 14.2 Å². The van der Waals surface area contributed by atoms with Crippen LogP contribution in [0.5, 0.6) is 5.75 Å². The number of morpholine rings is 1. The lowest BCUT2D eigenvalue weighted by Crippen LogP contribution is -2.36. The lowest BCUT2D eigenvalue weighted by Gasteiger charge is -2.28. The minimum atomic E-state index is 0.106. The number of ether oxygens (including phenoxy) is 3. The van der Waals surface area contributed by atoms with E-state index in [4.69, 9.17) is 24.9 Å². The molecular formula is C26H28N6O3. The Morgan fingerprint density at radius 2 is 1.69 bits per heavy atom. The number of rotatable bonds is 5. The maximum Gasteiger partial charge on any atom is 0.166 e. The largest absolute Gasteiger partial charge is 0.486 e. The Bertz CT molecular complexity index is 1310. The highest BCUT2D eigenvalue weighted by Gasteiger charge is 2.19. The second kappa shape index (κ2) is 9.52. The molecule has 3 N–H and O–H groups in total. The van der Waals surface area contributed by atoms with Gasteiger partial charge in [0.25, 0.3) is 0 Å². The second-order valence-electron chi connectivity index (χ2n) is 8.80. The Kier molecular flexibility index (Phi) is 5.93. The van der Waals surface area contributed by atoms with Crippen LogP contribution in [-0.4, -0.2) is 65.6 Å². The van der Waals surface area contributed by atoms with E-state index in [-0.39, 0.29) is 6.10 Å². The third-order valence-electron chi connectivity index (χ3n) is 6.53. The molecule has 0 saturated carbocycles. The van der Waals surface area contributed by atoms with E-state index in [0.29, 0.717) is 30.4 Å². The molecule has 2 aliphatic rings. The molecule has 0 amide bonds. The standard InChI is InChI=1S/C26H28N6O3/c27-24-22(35-19-8-13-33-14-9-19)6-5-21(29-24)20-7-10-28-26-23(20)30-25(31-26)17-1-3-18(4-2-17)32-11-15-34-16-12-32/h1-7,10,19H,8-9,11-16H2,(H2,27,29)(H,28,30,31). The van der Waals surface area contributed by atoms with E-state index in [9.17, 15) is 0 Å². The number of aromatic nitrogens is 4. The number of pyridine rings is 2. The normalized spacial score (nSPS) is 17.1. The van der Waals surface area contributed by atoms with Crippen LogP contribution in [0.15, 0.2) is 48.7 Å². The number of aromatic amines is 1. The molecule has 35 heavy (non-hydrogen) atoms. The van der Waals surface area contributed by atoms with Crippen LogP contribution >= 0.6 is 0 Å². The maximum absolute atomic E-state index is 6.27. The molecule has 0 bridgehead atoms. The third-order valence-corrected chi connectivity index (χ3v) is 6.53. The van der Waals surface area contributed by atoms with Crippen LogP contribution in [0.2, 0.25) is 0 Å². The molecule has 2 fully saturated rings. The van der Waals surface area contributed by atoms with Gasteiger partial charge in [-0.2, -0.15) is 0 Å². The monoisotopic (exact) mass is 472 g/mol. The topological polar surface area (TPSA) is 111 Å². The van der Waals surface area contributed by atoms with E-state index in [1.807, 2.05) is 18.2 Å². The van der Waals surface area contributed by atoms with Gasteiger partial charge in [-0.15, -0.1) is 0 Å². The van der Waals surface area contributed by atoms with Crippen molar-refractivity contribution in [1.29, 1.82) is 0 Å². The van der Waals surface area contributed by atoms with Gasteiger partial charge in [0.15, 0.2) is 17.2 Å². The van der Waals surface area contributed by atoms with Crippen LogP contribution in [0.4, 0.5) is 11.5 Å². The molecule has 2 aliphatic heterocycles. The summed E-state index contributed by atoms with van der Waals surface area (Å²) in [5, 5.41) is 0. The summed E-state index contributed by atoms with van der Waals surface area (Å²) in [6, 6.07) is 14.1. The molecular weight excluding hydrogens is 444 g/mol. The number of hydrogen-bond acceptors (Lipinski definition) is 8. The number of nitrogen functional groups attached to an aromatic ring is 1. The Morgan fingerprint density at radius 3 is 2.46 bits per heavy atom. The van der Waals surface area contributed by atoms with Gasteiger partial charge in [0.2, 0.25) is 0 Å². The number of nitrogens with one attached hydrogen (secondary N) is 1.